The van der Waals surface area contributed by atoms with Gasteiger partial charge in [0.2, 0.25) is 5.91 Å². The molecule has 0 heterocycles. The lowest BCUT2D eigenvalue weighted by molar-refractivity contribution is -0.133. The fraction of sp³-hybridized carbons (Fsp3) is 0.818. The summed E-state index contributed by atoms with van der Waals surface area (Å²) in [7, 11) is 3.19. The van der Waals surface area contributed by atoms with E-state index >= 15 is 0 Å². The van der Waals surface area contributed by atoms with Crippen LogP contribution in [0.15, 0.2) is 5.16 Å². The molecule has 0 aliphatic rings. The Hall–Kier alpha value is -1.34. The van der Waals surface area contributed by atoms with Gasteiger partial charge >= 0.3 is 0 Å². The Labute approximate surface area is 108 Å². The van der Waals surface area contributed by atoms with Gasteiger partial charge in [-0.15, -0.1) is 0 Å². The molecule has 18 heavy (non-hydrogen) atoms. The van der Waals surface area contributed by atoms with Crippen LogP contribution in [0, 0.1) is 5.92 Å². The molecule has 0 saturated carbocycles. The van der Waals surface area contributed by atoms with Crippen molar-refractivity contribution in [2.75, 3.05) is 40.5 Å². The number of nitrogens with two attached hydrogens (primary N) is 1. The monoisotopic (exact) mass is 261 g/mol. The standard InChI is InChI=1S/C11H23N3O4/c1-9(10(12)13-16)11(15)14(6-8-18-3)5-4-7-17-2/h9,16H,4-8H2,1-3H3,(H2,12,13). The van der Waals surface area contributed by atoms with Gasteiger partial charge in [0.25, 0.3) is 0 Å². The highest BCUT2D eigenvalue weighted by molar-refractivity contribution is 6.01. The van der Waals surface area contributed by atoms with Crippen molar-refractivity contribution in [2.45, 2.75) is 13.3 Å². The molecule has 1 unspecified atom stereocenters. The number of methoxy groups -OCH3 is 2. The Kier molecular flexibility index (Phi) is 8.95. The molecule has 1 amide bonds. The summed E-state index contributed by atoms with van der Waals surface area (Å²) in [4.78, 5) is 13.7. The van der Waals surface area contributed by atoms with Crippen molar-refractivity contribution in [1.29, 1.82) is 0 Å². The van der Waals surface area contributed by atoms with Crippen LogP contribution in [0.3, 0.4) is 0 Å². The second-order valence-corrected chi connectivity index (χ2v) is 3.91. The van der Waals surface area contributed by atoms with Gasteiger partial charge in [-0.05, 0) is 13.3 Å². The third-order valence-electron chi connectivity index (χ3n) is 2.58. The number of hydrogen-bond acceptors (Lipinski definition) is 5. The van der Waals surface area contributed by atoms with Crippen molar-refractivity contribution in [2.24, 2.45) is 16.8 Å². The summed E-state index contributed by atoms with van der Waals surface area (Å²) in [5.74, 6) is -0.915. The predicted molar refractivity (Wildman–Crippen MR) is 67.5 cm³/mol. The van der Waals surface area contributed by atoms with Gasteiger partial charge in [0.15, 0.2) is 5.84 Å². The van der Waals surface area contributed by atoms with Crippen molar-refractivity contribution in [3.05, 3.63) is 0 Å². The van der Waals surface area contributed by atoms with Crippen LogP contribution in [0.4, 0.5) is 0 Å². The lowest BCUT2D eigenvalue weighted by Crippen LogP contribution is -2.42. The van der Waals surface area contributed by atoms with Crippen molar-refractivity contribution in [1.82, 2.24) is 4.90 Å². The van der Waals surface area contributed by atoms with Gasteiger partial charge in [0.05, 0.1) is 12.5 Å². The minimum atomic E-state index is -0.644. The topological polar surface area (TPSA) is 97.4 Å². The van der Waals surface area contributed by atoms with E-state index in [4.69, 9.17) is 20.4 Å². The first-order valence-corrected chi connectivity index (χ1v) is 5.82. The fourth-order valence-electron chi connectivity index (χ4n) is 1.42. The Morgan fingerprint density at radius 3 is 2.44 bits per heavy atom. The average Bonchev–Trinajstić information content (AvgIpc) is 2.40. The number of carbonyl (C=O) groups is 1. The van der Waals surface area contributed by atoms with Gasteiger partial charge in [0, 0.05) is 33.9 Å². The van der Waals surface area contributed by atoms with E-state index in [-0.39, 0.29) is 11.7 Å². The molecule has 0 aromatic carbocycles. The highest BCUT2D eigenvalue weighted by atomic mass is 16.5. The number of hydrogen-bond donors (Lipinski definition) is 2. The fourth-order valence-corrected chi connectivity index (χ4v) is 1.42. The number of amidine groups is 1. The van der Waals surface area contributed by atoms with Crippen LogP contribution in [0.2, 0.25) is 0 Å². The highest BCUT2D eigenvalue weighted by Gasteiger charge is 2.23. The summed E-state index contributed by atoms with van der Waals surface area (Å²) < 4.78 is 9.91. The van der Waals surface area contributed by atoms with Crippen LogP contribution in [0.5, 0.6) is 0 Å². The molecular weight excluding hydrogens is 238 g/mol. The number of amides is 1. The lowest BCUT2D eigenvalue weighted by atomic mass is 10.1. The van der Waals surface area contributed by atoms with Gasteiger partial charge in [0.1, 0.15) is 0 Å². The van der Waals surface area contributed by atoms with E-state index in [0.29, 0.717) is 26.3 Å². The molecule has 0 saturated heterocycles. The molecule has 1 atom stereocenters. The second-order valence-electron chi connectivity index (χ2n) is 3.91. The number of ether oxygens (including phenoxy) is 2. The highest BCUT2D eigenvalue weighted by Crippen LogP contribution is 2.04. The first kappa shape index (κ1) is 16.7. The van der Waals surface area contributed by atoms with Gasteiger partial charge in [-0.1, -0.05) is 5.16 Å². The van der Waals surface area contributed by atoms with E-state index in [1.54, 1.807) is 26.0 Å². The average molecular weight is 261 g/mol. The molecule has 7 heteroatoms. The minimum Gasteiger partial charge on any atom is -0.409 e. The van der Waals surface area contributed by atoms with Crippen LogP contribution < -0.4 is 5.73 Å². The van der Waals surface area contributed by atoms with E-state index in [1.165, 1.54) is 0 Å². The molecule has 3 N–H and O–H groups in total. The minimum absolute atomic E-state index is 0.0887. The van der Waals surface area contributed by atoms with E-state index in [9.17, 15) is 4.79 Å². The summed E-state index contributed by atoms with van der Waals surface area (Å²) in [6, 6.07) is 0. The van der Waals surface area contributed by atoms with Gasteiger partial charge in [-0.3, -0.25) is 4.79 Å². The summed E-state index contributed by atoms with van der Waals surface area (Å²) in [6.45, 7) is 3.66. The molecule has 7 nitrogen and oxygen atoms in total. The Balaban J connectivity index is 4.47. The largest absolute Gasteiger partial charge is 0.409 e. The quantitative estimate of drug-likeness (QED) is 0.198. The number of rotatable bonds is 9. The van der Waals surface area contributed by atoms with Crippen LogP contribution >= 0.6 is 0 Å². The third-order valence-corrected chi connectivity index (χ3v) is 2.58. The molecule has 106 valence electrons. The van der Waals surface area contributed by atoms with Crippen molar-refractivity contribution in [3.8, 4) is 0 Å². The molecule has 0 aromatic rings. The normalized spacial score (nSPS) is 13.4. The van der Waals surface area contributed by atoms with Crippen molar-refractivity contribution < 1.29 is 19.5 Å². The maximum absolute atomic E-state index is 12.1. The zero-order valence-electron chi connectivity index (χ0n) is 11.3. The van der Waals surface area contributed by atoms with Crippen molar-refractivity contribution >= 4 is 11.7 Å². The SMILES string of the molecule is COCCCN(CCOC)C(=O)C(C)C(N)=NO. The van der Waals surface area contributed by atoms with Crippen molar-refractivity contribution in [3.63, 3.8) is 0 Å². The molecule has 0 bridgehead atoms. The Morgan fingerprint density at radius 2 is 1.94 bits per heavy atom. The summed E-state index contributed by atoms with van der Waals surface area (Å²) in [5.41, 5.74) is 5.44. The number of carbonyl (C=O) groups excluding carboxylic acids is 1. The van der Waals surface area contributed by atoms with Crippen LogP contribution in [0.1, 0.15) is 13.3 Å². The first-order chi connectivity index (χ1) is 8.58. The second kappa shape index (κ2) is 9.67. The number of oxime groups is 1. The van der Waals surface area contributed by atoms with Gasteiger partial charge in [-0.2, -0.15) is 0 Å². The molecular formula is C11H23N3O4. The van der Waals surface area contributed by atoms with E-state index in [1.807, 2.05) is 0 Å². The number of nitrogens with zero attached hydrogens (tertiary/aromatic N) is 2. The molecule has 0 rings (SSSR count). The Bertz CT molecular complexity index is 271. The van der Waals surface area contributed by atoms with E-state index in [2.05, 4.69) is 5.16 Å². The van der Waals surface area contributed by atoms with E-state index < -0.39 is 5.92 Å². The Morgan fingerprint density at radius 1 is 1.33 bits per heavy atom. The van der Waals surface area contributed by atoms with Gasteiger partial charge in [-0.25, -0.2) is 0 Å². The maximum Gasteiger partial charge on any atom is 0.233 e. The zero-order valence-corrected chi connectivity index (χ0v) is 11.3. The molecule has 0 aliphatic carbocycles. The summed E-state index contributed by atoms with van der Waals surface area (Å²) in [5, 5.41) is 11.4. The molecule has 0 radical (unpaired) electrons. The smallest absolute Gasteiger partial charge is 0.233 e. The van der Waals surface area contributed by atoms with Crippen LogP contribution in [-0.2, 0) is 14.3 Å². The zero-order chi connectivity index (χ0) is 14.0. The first-order valence-electron chi connectivity index (χ1n) is 5.82. The molecule has 0 aromatic heterocycles. The predicted octanol–water partition coefficient (Wildman–Crippen LogP) is -0.120. The maximum atomic E-state index is 12.1. The molecule has 0 aliphatic heterocycles. The lowest BCUT2D eigenvalue weighted by Gasteiger charge is -2.25. The molecule has 0 spiro atoms. The van der Waals surface area contributed by atoms with Gasteiger partial charge < -0.3 is 25.3 Å². The van der Waals surface area contributed by atoms with Crippen LogP contribution in [0.25, 0.3) is 0 Å². The van der Waals surface area contributed by atoms with E-state index in [0.717, 1.165) is 6.42 Å². The summed E-state index contributed by atoms with van der Waals surface area (Å²) in [6.07, 6.45) is 0.731. The third kappa shape index (κ3) is 5.83. The molecule has 0 fully saturated rings. The summed E-state index contributed by atoms with van der Waals surface area (Å²) >= 11 is 0. The van der Waals surface area contributed by atoms with Crippen LogP contribution in [-0.4, -0.2) is 62.4 Å².